The van der Waals surface area contributed by atoms with Gasteiger partial charge in [-0.1, -0.05) is 19.9 Å². The maximum absolute atomic E-state index is 13.0. The van der Waals surface area contributed by atoms with Gasteiger partial charge in [0.25, 0.3) is 0 Å². The van der Waals surface area contributed by atoms with Crippen LogP contribution in [0.25, 0.3) is 0 Å². The van der Waals surface area contributed by atoms with Gasteiger partial charge in [-0.2, -0.15) is 0 Å². The summed E-state index contributed by atoms with van der Waals surface area (Å²) in [5.74, 6) is 0.146. The molecule has 0 saturated heterocycles. The van der Waals surface area contributed by atoms with Crippen molar-refractivity contribution in [1.29, 1.82) is 0 Å². The predicted molar refractivity (Wildman–Crippen MR) is 108 cm³/mol. The minimum absolute atomic E-state index is 0.238. The Labute approximate surface area is 168 Å². The van der Waals surface area contributed by atoms with E-state index in [0.29, 0.717) is 40.7 Å². The van der Waals surface area contributed by atoms with Crippen molar-refractivity contribution in [2.24, 2.45) is 5.92 Å². The molecule has 0 aliphatic rings. The van der Waals surface area contributed by atoms with Crippen molar-refractivity contribution in [2.45, 2.75) is 13.8 Å². The summed E-state index contributed by atoms with van der Waals surface area (Å²) < 4.78 is 24.0. The van der Waals surface area contributed by atoms with Crippen LogP contribution in [0.2, 0.25) is 0 Å². The van der Waals surface area contributed by atoms with Gasteiger partial charge in [0.2, 0.25) is 0 Å². The molecule has 0 spiro atoms. The van der Waals surface area contributed by atoms with Crippen LogP contribution in [-0.2, 0) is 0 Å². The van der Waals surface area contributed by atoms with Crippen LogP contribution in [0.3, 0.4) is 0 Å². The summed E-state index contributed by atoms with van der Waals surface area (Å²) in [6.45, 7) is 4.65. The van der Waals surface area contributed by atoms with E-state index in [2.05, 4.69) is 0 Å². The zero-order valence-electron chi connectivity index (χ0n) is 16.2. The first kappa shape index (κ1) is 20.3. The zero-order chi connectivity index (χ0) is 20.8. The number of hydrogen-bond donors (Lipinski definition) is 0. The van der Waals surface area contributed by atoms with Gasteiger partial charge >= 0.3 is 5.97 Å². The lowest BCUT2D eigenvalue weighted by Gasteiger charge is -2.10. The standard InChI is InChI=1S/C24H21FO4/c1-16(2)15-28-22-5-3-4-19(14-22)24(27)29-21-12-8-18(9-13-21)23(26)17-6-10-20(25)11-7-17/h3-14,16H,15H2,1-2H3. The molecule has 0 unspecified atom stereocenters. The molecule has 0 N–H and O–H groups in total. The number of hydrogen-bond acceptors (Lipinski definition) is 4. The molecular weight excluding hydrogens is 371 g/mol. The third kappa shape index (κ3) is 5.51. The second-order valence-corrected chi connectivity index (χ2v) is 6.98. The minimum Gasteiger partial charge on any atom is -0.493 e. The largest absolute Gasteiger partial charge is 0.493 e. The Bertz CT molecular complexity index is 992. The molecule has 0 fully saturated rings. The van der Waals surface area contributed by atoms with E-state index < -0.39 is 11.8 Å². The molecule has 3 aromatic carbocycles. The molecule has 4 nitrogen and oxygen atoms in total. The Morgan fingerprint density at radius 3 is 2.07 bits per heavy atom. The Morgan fingerprint density at radius 1 is 0.828 bits per heavy atom. The average Bonchev–Trinajstić information content (AvgIpc) is 2.73. The lowest BCUT2D eigenvalue weighted by Crippen LogP contribution is -2.10. The van der Waals surface area contributed by atoms with Gasteiger partial charge in [-0.25, -0.2) is 9.18 Å². The van der Waals surface area contributed by atoms with Crippen molar-refractivity contribution in [3.63, 3.8) is 0 Å². The molecule has 3 aromatic rings. The van der Waals surface area contributed by atoms with Crippen molar-refractivity contribution < 1.29 is 23.5 Å². The Balaban J connectivity index is 1.66. The molecular formula is C24H21FO4. The molecule has 0 aromatic heterocycles. The highest BCUT2D eigenvalue weighted by Gasteiger charge is 2.12. The van der Waals surface area contributed by atoms with Crippen molar-refractivity contribution in [3.05, 3.63) is 95.3 Å². The molecule has 0 bridgehead atoms. The first-order valence-electron chi connectivity index (χ1n) is 9.28. The predicted octanol–water partition coefficient (Wildman–Crippen LogP) is 5.31. The van der Waals surface area contributed by atoms with Gasteiger partial charge < -0.3 is 9.47 Å². The van der Waals surface area contributed by atoms with Crippen LogP contribution in [-0.4, -0.2) is 18.4 Å². The summed E-state index contributed by atoms with van der Waals surface area (Å²) in [6.07, 6.45) is 0. The summed E-state index contributed by atoms with van der Waals surface area (Å²) in [4.78, 5) is 24.8. The van der Waals surface area contributed by atoms with Crippen LogP contribution in [0.15, 0.2) is 72.8 Å². The van der Waals surface area contributed by atoms with E-state index >= 15 is 0 Å². The third-order valence-electron chi connectivity index (χ3n) is 4.09. The van der Waals surface area contributed by atoms with Gasteiger partial charge in [-0.3, -0.25) is 4.79 Å². The number of ketones is 1. The van der Waals surface area contributed by atoms with Gasteiger partial charge in [-0.15, -0.1) is 0 Å². The first-order valence-corrected chi connectivity index (χ1v) is 9.28. The molecule has 0 radical (unpaired) electrons. The van der Waals surface area contributed by atoms with E-state index in [1.54, 1.807) is 48.5 Å². The monoisotopic (exact) mass is 392 g/mol. The minimum atomic E-state index is -0.516. The number of carbonyl (C=O) groups excluding carboxylic acids is 2. The van der Waals surface area contributed by atoms with E-state index in [-0.39, 0.29) is 5.78 Å². The van der Waals surface area contributed by atoms with Gasteiger partial charge in [-0.05, 0) is 72.6 Å². The maximum atomic E-state index is 13.0. The van der Waals surface area contributed by atoms with Crippen LogP contribution in [0.4, 0.5) is 4.39 Å². The Hall–Kier alpha value is -3.47. The van der Waals surface area contributed by atoms with Crippen molar-refractivity contribution in [3.8, 4) is 11.5 Å². The van der Waals surface area contributed by atoms with Crippen LogP contribution >= 0.6 is 0 Å². The molecule has 0 aliphatic heterocycles. The number of ether oxygens (including phenoxy) is 2. The lowest BCUT2D eigenvalue weighted by atomic mass is 10.0. The molecule has 0 atom stereocenters. The number of benzene rings is 3. The third-order valence-corrected chi connectivity index (χ3v) is 4.09. The molecule has 29 heavy (non-hydrogen) atoms. The molecule has 0 amide bonds. The summed E-state index contributed by atoms with van der Waals surface area (Å²) in [7, 11) is 0. The van der Waals surface area contributed by atoms with Crippen LogP contribution in [0.5, 0.6) is 11.5 Å². The molecule has 148 valence electrons. The number of carbonyl (C=O) groups is 2. The summed E-state index contributed by atoms with van der Waals surface area (Å²) in [6, 6.07) is 18.4. The smallest absolute Gasteiger partial charge is 0.343 e. The number of esters is 1. The molecule has 0 heterocycles. The zero-order valence-corrected chi connectivity index (χ0v) is 16.2. The van der Waals surface area contributed by atoms with Gasteiger partial charge in [0, 0.05) is 11.1 Å². The molecule has 3 rings (SSSR count). The fourth-order valence-corrected chi connectivity index (χ4v) is 2.58. The van der Waals surface area contributed by atoms with Gasteiger partial charge in [0.05, 0.1) is 12.2 Å². The highest BCUT2D eigenvalue weighted by atomic mass is 19.1. The van der Waals surface area contributed by atoms with E-state index in [1.807, 2.05) is 13.8 Å². The van der Waals surface area contributed by atoms with Crippen molar-refractivity contribution >= 4 is 11.8 Å². The van der Waals surface area contributed by atoms with Gasteiger partial charge in [0.15, 0.2) is 5.78 Å². The number of halogens is 1. The molecule has 5 heteroatoms. The molecule has 0 saturated carbocycles. The second kappa shape index (κ2) is 9.15. The lowest BCUT2D eigenvalue weighted by molar-refractivity contribution is 0.0734. The summed E-state index contributed by atoms with van der Waals surface area (Å²) in [5.41, 5.74) is 1.17. The number of rotatable bonds is 7. The van der Waals surface area contributed by atoms with E-state index in [1.165, 1.54) is 24.3 Å². The summed E-state index contributed by atoms with van der Waals surface area (Å²) >= 11 is 0. The van der Waals surface area contributed by atoms with Crippen molar-refractivity contribution in [1.82, 2.24) is 0 Å². The van der Waals surface area contributed by atoms with E-state index in [4.69, 9.17) is 9.47 Å². The highest BCUT2D eigenvalue weighted by molar-refractivity contribution is 6.09. The highest BCUT2D eigenvalue weighted by Crippen LogP contribution is 2.19. The average molecular weight is 392 g/mol. The fraction of sp³-hybridized carbons (Fsp3) is 0.167. The van der Waals surface area contributed by atoms with Crippen LogP contribution in [0, 0.1) is 11.7 Å². The van der Waals surface area contributed by atoms with Gasteiger partial charge in [0.1, 0.15) is 17.3 Å². The van der Waals surface area contributed by atoms with E-state index in [9.17, 15) is 14.0 Å². The SMILES string of the molecule is CC(C)COc1cccc(C(=O)Oc2ccc(C(=O)c3ccc(F)cc3)cc2)c1. The topological polar surface area (TPSA) is 52.6 Å². The van der Waals surface area contributed by atoms with E-state index in [0.717, 1.165) is 0 Å². The normalized spacial score (nSPS) is 10.6. The van der Waals surface area contributed by atoms with Crippen LogP contribution in [0.1, 0.15) is 40.1 Å². The molecule has 0 aliphatic carbocycles. The quantitative estimate of drug-likeness (QED) is 0.311. The Morgan fingerprint density at radius 2 is 1.45 bits per heavy atom. The first-order chi connectivity index (χ1) is 13.9. The van der Waals surface area contributed by atoms with Crippen molar-refractivity contribution in [2.75, 3.05) is 6.61 Å². The summed E-state index contributed by atoms with van der Waals surface area (Å²) in [5, 5.41) is 0. The fourth-order valence-electron chi connectivity index (χ4n) is 2.58. The Kier molecular flexibility index (Phi) is 6.39. The van der Waals surface area contributed by atoms with Crippen LogP contribution < -0.4 is 9.47 Å². The second-order valence-electron chi connectivity index (χ2n) is 6.98. The maximum Gasteiger partial charge on any atom is 0.343 e.